The van der Waals surface area contributed by atoms with Gasteiger partial charge in [-0.05, 0) is 18.3 Å². The van der Waals surface area contributed by atoms with Crippen LogP contribution in [-0.4, -0.2) is 27.2 Å². The Morgan fingerprint density at radius 3 is 2.79 bits per heavy atom. The summed E-state index contributed by atoms with van der Waals surface area (Å²) in [6.45, 7) is 4.20. The number of rotatable bonds is 3. The first-order valence-corrected chi connectivity index (χ1v) is 6.50. The van der Waals surface area contributed by atoms with Crippen molar-refractivity contribution in [1.82, 2.24) is 10.2 Å². The fourth-order valence-electron chi connectivity index (χ4n) is 2.69. The monoisotopic (exact) mass is 265 g/mol. The molecule has 0 aromatic carbocycles. The summed E-state index contributed by atoms with van der Waals surface area (Å²) >= 11 is 0. The number of carbonyl (C=O) groups excluding carboxylic acids is 1. The van der Waals surface area contributed by atoms with E-state index in [9.17, 15) is 9.59 Å². The van der Waals surface area contributed by atoms with E-state index in [-0.39, 0.29) is 28.8 Å². The minimum Gasteiger partial charge on any atom is -0.477 e. The Balaban J connectivity index is 2.05. The molecule has 0 aliphatic heterocycles. The maximum Gasteiger partial charge on any atom is 0.353 e. The zero-order chi connectivity index (χ0) is 14.0. The Morgan fingerprint density at radius 1 is 1.47 bits per heavy atom. The number of carboxylic acid groups (broad SMARTS) is 1. The van der Waals surface area contributed by atoms with Crippen LogP contribution in [0.25, 0.3) is 0 Å². The quantitative estimate of drug-likeness (QED) is 0.781. The fourth-order valence-corrected chi connectivity index (χ4v) is 2.69. The lowest BCUT2D eigenvalue weighted by molar-refractivity contribution is -0.124. The Morgan fingerprint density at radius 2 is 2.21 bits per heavy atom. The smallest absolute Gasteiger partial charge is 0.353 e. The summed E-state index contributed by atoms with van der Waals surface area (Å²) in [6.07, 6.45) is 4.12. The molecule has 1 aliphatic rings. The second-order valence-electron chi connectivity index (χ2n) is 5.75. The molecule has 0 saturated heterocycles. The van der Waals surface area contributed by atoms with Crippen molar-refractivity contribution in [2.45, 2.75) is 39.5 Å². The van der Waals surface area contributed by atoms with E-state index in [1.54, 1.807) is 0 Å². The standard InChI is InChI=1S/C13H19N3O3/c1-13(2)6-4-3-5-8(13)11(17)14-10-7-9(12(18)19)15-16-10/h7-8H,3-6H2,1-2H3,(H,18,19)(H2,14,15,16,17). The van der Waals surface area contributed by atoms with Crippen LogP contribution in [0.2, 0.25) is 0 Å². The van der Waals surface area contributed by atoms with Crippen molar-refractivity contribution >= 4 is 17.7 Å². The predicted octanol–water partition coefficient (Wildman–Crippen LogP) is 2.26. The molecule has 6 nitrogen and oxygen atoms in total. The average Bonchev–Trinajstić information content (AvgIpc) is 2.76. The molecule has 19 heavy (non-hydrogen) atoms. The van der Waals surface area contributed by atoms with Crippen molar-refractivity contribution in [3.05, 3.63) is 11.8 Å². The highest BCUT2D eigenvalue weighted by molar-refractivity contribution is 5.94. The third kappa shape index (κ3) is 2.94. The molecular formula is C13H19N3O3. The van der Waals surface area contributed by atoms with Crippen molar-refractivity contribution in [1.29, 1.82) is 0 Å². The first-order chi connectivity index (χ1) is 8.90. The number of amides is 1. The van der Waals surface area contributed by atoms with E-state index in [1.165, 1.54) is 6.07 Å². The average molecular weight is 265 g/mol. The first kappa shape index (κ1) is 13.6. The zero-order valence-electron chi connectivity index (χ0n) is 11.2. The van der Waals surface area contributed by atoms with E-state index >= 15 is 0 Å². The number of anilines is 1. The molecule has 1 unspecified atom stereocenters. The second kappa shape index (κ2) is 5.03. The molecule has 3 N–H and O–H groups in total. The maximum absolute atomic E-state index is 12.2. The van der Waals surface area contributed by atoms with Gasteiger partial charge in [0.1, 0.15) is 5.69 Å². The largest absolute Gasteiger partial charge is 0.477 e. The van der Waals surface area contributed by atoms with Gasteiger partial charge in [-0.2, -0.15) is 5.10 Å². The minimum absolute atomic E-state index is 0.0196. The van der Waals surface area contributed by atoms with Crippen LogP contribution >= 0.6 is 0 Å². The van der Waals surface area contributed by atoms with Crippen molar-refractivity contribution in [2.75, 3.05) is 5.32 Å². The molecule has 1 fully saturated rings. The van der Waals surface area contributed by atoms with Gasteiger partial charge < -0.3 is 10.4 Å². The highest BCUT2D eigenvalue weighted by atomic mass is 16.4. The molecule has 104 valence electrons. The molecule has 0 radical (unpaired) electrons. The third-order valence-electron chi connectivity index (χ3n) is 3.88. The van der Waals surface area contributed by atoms with Gasteiger partial charge in [0.15, 0.2) is 5.82 Å². The van der Waals surface area contributed by atoms with Gasteiger partial charge in [-0.3, -0.25) is 9.89 Å². The molecule has 2 rings (SSSR count). The summed E-state index contributed by atoms with van der Waals surface area (Å²) in [5.41, 5.74) is -0.0490. The number of H-pyrrole nitrogens is 1. The molecule has 1 aliphatic carbocycles. The number of nitrogens with zero attached hydrogens (tertiary/aromatic N) is 1. The van der Waals surface area contributed by atoms with E-state index in [2.05, 4.69) is 29.4 Å². The SMILES string of the molecule is CC1(C)CCCCC1C(=O)Nc1cc(C(=O)O)[nH]n1. The van der Waals surface area contributed by atoms with E-state index in [1.807, 2.05) is 0 Å². The van der Waals surface area contributed by atoms with Crippen LogP contribution in [0.4, 0.5) is 5.82 Å². The number of aromatic nitrogens is 2. The Kier molecular flexibility index (Phi) is 3.59. The minimum atomic E-state index is -1.09. The van der Waals surface area contributed by atoms with Crippen molar-refractivity contribution < 1.29 is 14.7 Å². The van der Waals surface area contributed by atoms with Gasteiger partial charge in [0.25, 0.3) is 0 Å². The molecule has 1 heterocycles. The van der Waals surface area contributed by atoms with Gasteiger partial charge in [0.2, 0.25) is 5.91 Å². The van der Waals surface area contributed by atoms with E-state index in [0.29, 0.717) is 0 Å². The van der Waals surface area contributed by atoms with Crippen LogP contribution in [0, 0.1) is 11.3 Å². The van der Waals surface area contributed by atoms with Gasteiger partial charge in [0, 0.05) is 12.0 Å². The van der Waals surface area contributed by atoms with Gasteiger partial charge in [0.05, 0.1) is 0 Å². The lowest BCUT2D eigenvalue weighted by Crippen LogP contribution is -2.37. The van der Waals surface area contributed by atoms with E-state index < -0.39 is 5.97 Å². The van der Waals surface area contributed by atoms with Gasteiger partial charge in [-0.25, -0.2) is 4.79 Å². The Labute approximate surface area is 111 Å². The predicted molar refractivity (Wildman–Crippen MR) is 69.9 cm³/mol. The summed E-state index contributed by atoms with van der Waals surface area (Å²) in [5, 5.41) is 17.6. The summed E-state index contributed by atoms with van der Waals surface area (Å²) < 4.78 is 0. The molecule has 6 heteroatoms. The van der Waals surface area contributed by atoms with Gasteiger partial charge in [-0.15, -0.1) is 0 Å². The van der Waals surface area contributed by atoms with Gasteiger partial charge >= 0.3 is 5.97 Å². The summed E-state index contributed by atoms with van der Waals surface area (Å²) in [6, 6.07) is 1.33. The van der Waals surface area contributed by atoms with Crippen molar-refractivity contribution in [2.24, 2.45) is 11.3 Å². The second-order valence-corrected chi connectivity index (χ2v) is 5.75. The van der Waals surface area contributed by atoms with Crippen molar-refractivity contribution in [3.8, 4) is 0 Å². The summed E-state index contributed by atoms with van der Waals surface area (Å²) in [4.78, 5) is 23.0. The Bertz CT molecular complexity index is 493. The van der Waals surface area contributed by atoms with Crippen molar-refractivity contribution in [3.63, 3.8) is 0 Å². The first-order valence-electron chi connectivity index (χ1n) is 6.50. The molecule has 1 saturated carbocycles. The van der Waals surface area contributed by atoms with Crippen LogP contribution in [-0.2, 0) is 4.79 Å². The van der Waals surface area contributed by atoms with Crippen LogP contribution in [0.1, 0.15) is 50.0 Å². The van der Waals surface area contributed by atoms with E-state index in [4.69, 9.17) is 5.11 Å². The van der Waals surface area contributed by atoms with Crippen LogP contribution in [0.5, 0.6) is 0 Å². The number of nitrogens with one attached hydrogen (secondary N) is 2. The van der Waals surface area contributed by atoms with E-state index in [0.717, 1.165) is 25.7 Å². The highest BCUT2D eigenvalue weighted by Gasteiger charge is 2.37. The Hall–Kier alpha value is -1.85. The number of hydrogen-bond acceptors (Lipinski definition) is 3. The fraction of sp³-hybridized carbons (Fsp3) is 0.615. The summed E-state index contributed by atoms with van der Waals surface area (Å²) in [7, 11) is 0. The molecular weight excluding hydrogens is 246 g/mol. The number of aromatic carboxylic acids is 1. The number of carboxylic acids is 1. The normalized spacial score (nSPS) is 21.9. The third-order valence-corrected chi connectivity index (χ3v) is 3.88. The molecule has 0 bridgehead atoms. The summed E-state index contributed by atoms with van der Waals surface area (Å²) in [5.74, 6) is -0.950. The molecule has 0 spiro atoms. The maximum atomic E-state index is 12.2. The number of aromatic amines is 1. The molecule has 1 atom stereocenters. The van der Waals surface area contributed by atoms with Crippen LogP contribution in [0.15, 0.2) is 6.07 Å². The number of hydrogen-bond donors (Lipinski definition) is 3. The number of carbonyl (C=O) groups is 2. The molecule has 1 aromatic rings. The van der Waals surface area contributed by atoms with Gasteiger partial charge in [-0.1, -0.05) is 26.7 Å². The lowest BCUT2D eigenvalue weighted by atomic mass is 9.68. The highest BCUT2D eigenvalue weighted by Crippen LogP contribution is 2.40. The molecule has 1 aromatic heterocycles. The van der Waals surface area contributed by atoms with Crippen LogP contribution < -0.4 is 5.32 Å². The molecule has 1 amide bonds. The topological polar surface area (TPSA) is 95.1 Å². The zero-order valence-corrected chi connectivity index (χ0v) is 11.2. The van der Waals surface area contributed by atoms with Crippen LogP contribution in [0.3, 0.4) is 0 Å². The lowest BCUT2D eigenvalue weighted by Gasteiger charge is -2.37.